The van der Waals surface area contributed by atoms with E-state index in [0.29, 0.717) is 21.9 Å². The van der Waals surface area contributed by atoms with E-state index in [1.54, 1.807) is 6.21 Å². The van der Waals surface area contributed by atoms with Crippen molar-refractivity contribution in [2.75, 3.05) is 18.5 Å². The summed E-state index contributed by atoms with van der Waals surface area (Å²) in [5.74, 6) is 0. The van der Waals surface area contributed by atoms with Crippen molar-refractivity contribution in [3.05, 3.63) is 39.9 Å². The van der Waals surface area contributed by atoms with Crippen LogP contribution in [0.5, 0.6) is 0 Å². The molecule has 3 rings (SSSR count). The average Bonchev–Trinajstić information content (AvgIpc) is 3.25. The molecule has 9 heteroatoms. The first-order valence-electron chi connectivity index (χ1n) is 8.28. The molecule has 1 aliphatic heterocycles. The Balaban J connectivity index is 1.49. The SMILES string of the molecule is Cc1ccc(Nc2nc(Cl)c(/C=N/NC(=S)NC[C@@H]3CCCO3)s2)cc1. The fraction of sp³-hybridized carbons (Fsp3) is 0.353. The molecule has 1 aliphatic rings. The van der Waals surface area contributed by atoms with E-state index in [4.69, 9.17) is 28.6 Å². The zero-order valence-corrected chi connectivity index (χ0v) is 16.7. The summed E-state index contributed by atoms with van der Waals surface area (Å²) in [6.45, 7) is 3.56. The molecule has 0 aliphatic carbocycles. The molecule has 1 fully saturated rings. The summed E-state index contributed by atoms with van der Waals surface area (Å²) in [7, 11) is 0. The summed E-state index contributed by atoms with van der Waals surface area (Å²) >= 11 is 12.8. The Labute approximate surface area is 167 Å². The van der Waals surface area contributed by atoms with Crippen molar-refractivity contribution in [1.29, 1.82) is 0 Å². The van der Waals surface area contributed by atoms with Gasteiger partial charge in [0.05, 0.1) is 17.2 Å². The third-order valence-electron chi connectivity index (χ3n) is 3.77. The highest BCUT2D eigenvalue weighted by Crippen LogP contribution is 2.28. The first-order chi connectivity index (χ1) is 12.6. The number of thiazole rings is 1. The van der Waals surface area contributed by atoms with Gasteiger partial charge in [-0.2, -0.15) is 5.10 Å². The van der Waals surface area contributed by atoms with Crippen LogP contribution < -0.4 is 16.1 Å². The van der Waals surface area contributed by atoms with Crippen LogP contribution >= 0.6 is 35.2 Å². The van der Waals surface area contributed by atoms with Crippen molar-refractivity contribution in [3.63, 3.8) is 0 Å². The molecule has 0 bridgehead atoms. The highest BCUT2D eigenvalue weighted by molar-refractivity contribution is 7.80. The van der Waals surface area contributed by atoms with Gasteiger partial charge in [-0.1, -0.05) is 40.6 Å². The number of aromatic nitrogens is 1. The monoisotopic (exact) mass is 409 g/mol. The second-order valence-corrected chi connectivity index (χ2v) is 7.68. The minimum atomic E-state index is 0.227. The largest absolute Gasteiger partial charge is 0.376 e. The topological polar surface area (TPSA) is 70.6 Å². The molecule has 0 saturated carbocycles. The maximum absolute atomic E-state index is 6.17. The van der Waals surface area contributed by atoms with E-state index in [9.17, 15) is 0 Å². The van der Waals surface area contributed by atoms with Crippen molar-refractivity contribution in [2.24, 2.45) is 5.10 Å². The molecule has 2 aromatic rings. The summed E-state index contributed by atoms with van der Waals surface area (Å²) in [6, 6.07) is 8.07. The molecule has 1 atom stereocenters. The molecule has 3 N–H and O–H groups in total. The number of hydrogen-bond acceptors (Lipinski definition) is 6. The molecule has 0 unspecified atom stereocenters. The van der Waals surface area contributed by atoms with Gasteiger partial charge in [-0.15, -0.1) is 0 Å². The number of anilines is 2. The van der Waals surface area contributed by atoms with Crippen LogP contribution in [0.1, 0.15) is 23.3 Å². The Kier molecular flexibility index (Phi) is 6.79. The zero-order valence-electron chi connectivity index (χ0n) is 14.3. The van der Waals surface area contributed by atoms with E-state index >= 15 is 0 Å². The number of halogens is 1. The van der Waals surface area contributed by atoms with Crippen molar-refractivity contribution < 1.29 is 4.74 Å². The first kappa shape index (κ1) is 19.0. The van der Waals surface area contributed by atoms with Crippen LogP contribution in [-0.4, -0.2) is 35.6 Å². The van der Waals surface area contributed by atoms with Gasteiger partial charge in [0.25, 0.3) is 0 Å². The normalized spacial score (nSPS) is 16.8. The number of thiocarbonyl (C=S) groups is 1. The summed E-state index contributed by atoms with van der Waals surface area (Å²) in [5, 5.41) is 12.0. The molecule has 6 nitrogen and oxygen atoms in total. The van der Waals surface area contributed by atoms with Gasteiger partial charge >= 0.3 is 0 Å². The van der Waals surface area contributed by atoms with Crippen molar-refractivity contribution >= 4 is 57.3 Å². The van der Waals surface area contributed by atoms with E-state index in [0.717, 1.165) is 30.0 Å². The number of hydrazone groups is 1. The number of nitrogens with zero attached hydrogens (tertiary/aromatic N) is 2. The second kappa shape index (κ2) is 9.27. The number of nitrogens with one attached hydrogen (secondary N) is 3. The van der Waals surface area contributed by atoms with Gasteiger partial charge < -0.3 is 15.4 Å². The Morgan fingerprint density at radius 1 is 1.46 bits per heavy atom. The van der Waals surface area contributed by atoms with Crippen molar-refractivity contribution in [1.82, 2.24) is 15.7 Å². The van der Waals surface area contributed by atoms with Crippen LogP contribution in [0.3, 0.4) is 0 Å². The lowest BCUT2D eigenvalue weighted by atomic mass is 10.2. The van der Waals surface area contributed by atoms with Gasteiger partial charge in [-0.25, -0.2) is 4.98 Å². The number of aryl methyl sites for hydroxylation is 1. The van der Waals surface area contributed by atoms with Crippen LogP contribution in [-0.2, 0) is 4.74 Å². The van der Waals surface area contributed by atoms with Crippen LogP contribution in [0, 0.1) is 6.92 Å². The lowest BCUT2D eigenvalue weighted by Crippen LogP contribution is -2.37. The van der Waals surface area contributed by atoms with Crippen LogP contribution in [0.15, 0.2) is 29.4 Å². The van der Waals surface area contributed by atoms with Gasteiger partial charge in [-0.05, 0) is 44.1 Å². The van der Waals surface area contributed by atoms with Crippen molar-refractivity contribution in [3.8, 4) is 0 Å². The summed E-state index contributed by atoms with van der Waals surface area (Å²) in [5.41, 5.74) is 4.95. The lowest BCUT2D eigenvalue weighted by molar-refractivity contribution is 0.114. The smallest absolute Gasteiger partial charge is 0.189 e. The molecule has 0 spiro atoms. The highest BCUT2D eigenvalue weighted by atomic mass is 35.5. The molecule has 0 amide bonds. The lowest BCUT2D eigenvalue weighted by Gasteiger charge is -2.11. The molecular formula is C17H20ClN5OS2. The average molecular weight is 410 g/mol. The van der Waals surface area contributed by atoms with Gasteiger partial charge in [0.1, 0.15) is 0 Å². The number of benzene rings is 1. The third-order valence-corrected chi connectivity index (χ3v) is 5.32. The molecule has 0 radical (unpaired) electrons. The molecule has 138 valence electrons. The zero-order chi connectivity index (χ0) is 18.4. The fourth-order valence-corrected chi connectivity index (χ4v) is 3.59. The number of rotatable bonds is 6. The van der Waals surface area contributed by atoms with E-state index in [2.05, 4.69) is 26.1 Å². The maximum Gasteiger partial charge on any atom is 0.189 e. The van der Waals surface area contributed by atoms with Crippen LogP contribution in [0.25, 0.3) is 0 Å². The minimum Gasteiger partial charge on any atom is -0.376 e. The van der Waals surface area contributed by atoms with E-state index in [-0.39, 0.29) is 6.10 Å². The van der Waals surface area contributed by atoms with Crippen molar-refractivity contribution in [2.45, 2.75) is 25.9 Å². The highest BCUT2D eigenvalue weighted by Gasteiger charge is 2.15. The van der Waals surface area contributed by atoms with Gasteiger partial charge in [-0.3, -0.25) is 5.43 Å². The summed E-state index contributed by atoms with van der Waals surface area (Å²) < 4.78 is 5.53. The summed E-state index contributed by atoms with van der Waals surface area (Å²) in [6.07, 6.45) is 4.00. The van der Waals surface area contributed by atoms with Gasteiger partial charge in [0.15, 0.2) is 15.4 Å². The predicted molar refractivity (Wildman–Crippen MR) is 112 cm³/mol. The van der Waals surface area contributed by atoms with E-state index in [1.807, 2.05) is 31.2 Å². The standard InChI is InChI=1S/C17H20ClN5OS2/c1-11-4-6-12(7-5-11)21-17-22-15(18)14(26-17)10-20-23-16(25)19-9-13-3-2-8-24-13/h4-7,10,13H,2-3,8-9H2,1H3,(H,21,22)(H2,19,23,25)/b20-10+/t13-/m0/s1. The first-order valence-corrected chi connectivity index (χ1v) is 9.89. The van der Waals surface area contributed by atoms with Crippen LogP contribution in [0.2, 0.25) is 5.15 Å². The predicted octanol–water partition coefficient (Wildman–Crippen LogP) is 3.83. The molecule has 1 aromatic carbocycles. The fourth-order valence-electron chi connectivity index (χ4n) is 2.41. The Hall–Kier alpha value is -1.74. The molecule has 1 saturated heterocycles. The molecule has 1 aromatic heterocycles. The third kappa shape index (κ3) is 5.63. The Morgan fingerprint density at radius 2 is 2.27 bits per heavy atom. The van der Waals surface area contributed by atoms with Gasteiger partial charge in [0, 0.05) is 18.8 Å². The second-order valence-electron chi connectivity index (χ2n) is 5.88. The van der Waals surface area contributed by atoms with E-state index in [1.165, 1.54) is 16.9 Å². The molecular weight excluding hydrogens is 390 g/mol. The Bertz CT molecular complexity index is 772. The van der Waals surface area contributed by atoms with Gasteiger partial charge in [0.2, 0.25) is 0 Å². The maximum atomic E-state index is 6.17. The van der Waals surface area contributed by atoms with Crippen LogP contribution in [0.4, 0.5) is 10.8 Å². The molecule has 26 heavy (non-hydrogen) atoms. The Morgan fingerprint density at radius 3 is 3.00 bits per heavy atom. The molecule has 2 heterocycles. The van der Waals surface area contributed by atoms with E-state index < -0.39 is 0 Å². The number of ether oxygens (including phenoxy) is 1. The number of hydrogen-bond donors (Lipinski definition) is 3. The summed E-state index contributed by atoms with van der Waals surface area (Å²) in [4.78, 5) is 5.05. The minimum absolute atomic E-state index is 0.227. The quantitative estimate of drug-likeness (QED) is 0.382.